The minimum absolute atomic E-state index is 0.0313. The second kappa shape index (κ2) is 7.71. The number of halogens is 4. The number of rotatable bonds is 6. The molecule has 0 aliphatic rings. The maximum Gasteiger partial charge on any atom is 0.309 e. The van der Waals surface area contributed by atoms with E-state index in [0.717, 1.165) is 0 Å². The van der Waals surface area contributed by atoms with E-state index >= 15 is 0 Å². The molecule has 0 fully saturated rings. The molecule has 2 aromatic carbocycles. The Morgan fingerprint density at radius 2 is 1.89 bits per heavy atom. The lowest BCUT2D eigenvalue weighted by molar-refractivity contribution is -0.136. The van der Waals surface area contributed by atoms with Gasteiger partial charge in [-0.05, 0) is 18.2 Å². The van der Waals surface area contributed by atoms with Crippen LogP contribution in [0, 0.1) is 17.5 Å². The minimum Gasteiger partial charge on any atom is -0.488 e. The average Bonchev–Trinajstić information content (AvgIpc) is 3.02. The van der Waals surface area contributed by atoms with Crippen molar-refractivity contribution < 1.29 is 32.2 Å². The summed E-state index contributed by atoms with van der Waals surface area (Å²) in [6.07, 6.45) is 0.833. The number of aromatic nitrogens is 1. The van der Waals surface area contributed by atoms with Crippen molar-refractivity contribution in [2.75, 3.05) is 0 Å². The van der Waals surface area contributed by atoms with Crippen LogP contribution in [0.5, 0.6) is 5.75 Å². The first-order chi connectivity index (χ1) is 12.8. The topological polar surface area (TPSA) is 72.6 Å². The number of hydrogen-bond acceptors (Lipinski definition) is 4. The number of carboxylic acid groups (broad SMARTS) is 1. The molecule has 0 spiro atoms. The molecule has 0 radical (unpaired) electrons. The van der Waals surface area contributed by atoms with Crippen LogP contribution >= 0.6 is 11.6 Å². The third kappa shape index (κ3) is 4.40. The van der Waals surface area contributed by atoms with Gasteiger partial charge in [-0.1, -0.05) is 11.6 Å². The summed E-state index contributed by atoms with van der Waals surface area (Å²) in [7, 11) is 0. The molecule has 140 valence electrons. The molecule has 0 saturated heterocycles. The molecule has 1 heterocycles. The summed E-state index contributed by atoms with van der Waals surface area (Å²) < 4.78 is 51.2. The minimum atomic E-state index is -1.08. The molecule has 0 amide bonds. The number of oxazole rings is 1. The molecule has 0 aliphatic carbocycles. The van der Waals surface area contributed by atoms with Gasteiger partial charge in [-0.2, -0.15) is 0 Å². The Kier molecular flexibility index (Phi) is 5.36. The lowest BCUT2D eigenvalue weighted by atomic mass is 10.2. The number of carboxylic acids is 1. The monoisotopic (exact) mass is 397 g/mol. The van der Waals surface area contributed by atoms with E-state index in [1.54, 1.807) is 0 Å². The molecule has 27 heavy (non-hydrogen) atoms. The zero-order valence-electron chi connectivity index (χ0n) is 13.5. The fourth-order valence-electron chi connectivity index (χ4n) is 2.32. The fourth-order valence-corrected chi connectivity index (χ4v) is 2.49. The Bertz CT molecular complexity index is 983. The van der Waals surface area contributed by atoms with Crippen molar-refractivity contribution in [3.05, 3.63) is 70.3 Å². The Morgan fingerprint density at radius 1 is 1.19 bits per heavy atom. The third-order valence-electron chi connectivity index (χ3n) is 3.53. The number of hydrogen-bond donors (Lipinski definition) is 1. The Labute approximate surface area is 156 Å². The molecule has 5 nitrogen and oxygen atoms in total. The van der Waals surface area contributed by atoms with Crippen LogP contribution in [0.2, 0.25) is 5.02 Å². The van der Waals surface area contributed by atoms with Crippen molar-refractivity contribution in [3.8, 4) is 17.2 Å². The van der Waals surface area contributed by atoms with Crippen molar-refractivity contribution in [3.63, 3.8) is 0 Å². The standard InChI is InChI=1S/C18H11ClF3NO4/c19-9-1-2-16(26-8-13-14(21)4-10(20)5-15(13)22)12(3-9)18-23-11(7-27-18)6-17(24)25/h1-5,7H,6,8H2,(H,24,25). The first-order valence-corrected chi connectivity index (χ1v) is 7.93. The third-order valence-corrected chi connectivity index (χ3v) is 3.77. The van der Waals surface area contributed by atoms with E-state index < -0.39 is 35.6 Å². The van der Waals surface area contributed by atoms with Gasteiger partial charge in [-0.25, -0.2) is 18.2 Å². The molecule has 3 rings (SSSR count). The van der Waals surface area contributed by atoms with Crippen molar-refractivity contribution in [2.24, 2.45) is 0 Å². The number of nitrogens with zero attached hydrogens (tertiary/aromatic N) is 1. The average molecular weight is 398 g/mol. The highest BCUT2D eigenvalue weighted by atomic mass is 35.5. The molecule has 1 aromatic heterocycles. The Morgan fingerprint density at radius 3 is 2.56 bits per heavy atom. The van der Waals surface area contributed by atoms with Crippen LogP contribution in [0.15, 0.2) is 41.0 Å². The lowest BCUT2D eigenvalue weighted by Crippen LogP contribution is -2.04. The highest BCUT2D eigenvalue weighted by Gasteiger charge is 2.17. The zero-order valence-corrected chi connectivity index (χ0v) is 14.3. The van der Waals surface area contributed by atoms with Gasteiger partial charge in [0.2, 0.25) is 5.89 Å². The summed E-state index contributed by atoms with van der Waals surface area (Å²) in [5.74, 6) is -4.10. The molecular weight excluding hydrogens is 387 g/mol. The number of benzene rings is 2. The van der Waals surface area contributed by atoms with Crippen LogP contribution in [-0.4, -0.2) is 16.1 Å². The van der Waals surface area contributed by atoms with Crippen molar-refractivity contribution in [1.82, 2.24) is 4.98 Å². The molecule has 1 N–H and O–H groups in total. The summed E-state index contributed by atoms with van der Waals surface area (Å²) in [4.78, 5) is 14.8. The van der Waals surface area contributed by atoms with Gasteiger partial charge < -0.3 is 14.3 Å². The smallest absolute Gasteiger partial charge is 0.309 e. The van der Waals surface area contributed by atoms with Gasteiger partial charge in [-0.3, -0.25) is 4.79 Å². The summed E-state index contributed by atoms with van der Waals surface area (Å²) in [6, 6.07) is 5.48. The van der Waals surface area contributed by atoms with E-state index in [4.69, 9.17) is 25.9 Å². The number of aliphatic carboxylic acids is 1. The Balaban J connectivity index is 1.89. The van der Waals surface area contributed by atoms with Gasteiger partial charge in [-0.15, -0.1) is 0 Å². The predicted octanol–water partition coefficient (Wildman–Crippen LogP) is 4.62. The first kappa shape index (κ1) is 18.8. The van der Waals surface area contributed by atoms with Crippen molar-refractivity contribution in [1.29, 1.82) is 0 Å². The van der Waals surface area contributed by atoms with Crippen LogP contribution in [0.3, 0.4) is 0 Å². The highest BCUT2D eigenvalue weighted by molar-refractivity contribution is 6.30. The van der Waals surface area contributed by atoms with Gasteiger partial charge in [0.05, 0.1) is 23.2 Å². The Hall–Kier alpha value is -3.00. The van der Waals surface area contributed by atoms with Crippen LogP contribution in [0.4, 0.5) is 13.2 Å². The lowest BCUT2D eigenvalue weighted by Gasteiger charge is -2.11. The van der Waals surface area contributed by atoms with Crippen LogP contribution in [-0.2, 0) is 17.8 Å². The molecule has 0 atom stereocenters. The molecule has 0 unspecified atom stereocenters. The summed E-state index contributed by atoms with van der Waals surface area (Å²) >= 11 is 5.96. The summed E-state index contributed by atoms with van der Waals surface area (Å²) in [5.41, 5.74) is -0.00242. The summed E-state index contributed by atoms with van der Waals surface area (Å²) in [5, 5.41) is 9.12. The largest absolute Gasteiger partial charge is 0.488 e. The molecular formula is C18H11ClF3NO4. The maximum absolute atomic E-state index is 13.8. The zero-order chi connectivity index (χ0) is 19.6. The van der Waals surface area contributed by atoms with Gasteiger partial charge in [0.25, 0.3) is 0 Å². The van der Waals surface area contributed by atoms with Gasteiger partial charge in [0, 0.05) is 17.2 Å². The SMILES string of the molecule is O=C(O)Cc1coc(-c2cc(Cl)ccc2OCc2c(F)cc(F)cc2F)n1. The molecule has 9 heteroatoms. The van der Waals surface area contributed by atoms with Crippen LogP contribution in [0.1, 0.15) is 11.3 Å². The van der Waals surface area contributed by atoms with Gasteiger partial charge in [0.1, 0.15) is 36.1 Å². The molecule has 0 saturated carbocycles. The van der Waals surface area contributed by atoms with E-state index in [1.165, 1.54) is 24.5 Å². The second-order valence-corrected chi connectivity index (χ2v) is 5.93. The van der Waals surface area contributed by atoms with Crippen molar-refractivity contribution in [2.45, 2.75) is 13.0 Å². The van der Waals surface area contributed by atoms with Gasteiger partial charge >= 0.3 is 5.97 Å². The predicted molar refractivity (Wildman–Crippen MR) is 88.9 cm³/mol. The summed E-state index contributed by atoms with van der Waals surface area (Å²) in [6.45, 7) is -0.519. The van der Waals surface area contributed by atoms with Crippen molar-refractivity contribution >= 4 is 17.6 Å². The molecule has 0 aliphatic heterocycles. The number of carbonyl (C=O) groups is 1. The highest BCUT2D eigenvalue weighted by Crippen LogP contribution is 2.33. The molecule has 3 aromatic rings. The normalized spacial score (nSPS) is 10.8. The van der Waals surface area contributed by atoms with Gasteiger partial charge in [0.15, 0.2) is 0 Å². The van der Waals surface area contributed by atoms with E-state index in [9.17, 15) is 18.0 Å². The van der Waals surface area contributed by atoms with E-state index in [2.05, 4.69) is 4.98 Å². The first-order valence-electron chi connectivity index (χ1n) is 7.56. The van der Waals surface area contributed by atoms with E-state index in [1.807, 2.05) is 0 Å². The van der Waals surface area contributed by atoms with E-state index in [-0.39, 0.29) is 29.3 Å². The molecule has 0 bridgehead atoms. The van der Waals surface area contributed by atoms with E-state index in [0.29, 0.717) is 17.2 Å². The van der Waals surface area contributed by atoms with Crippen LogP contribution in [0.25, 0.3) is 11.5 Å². The van der Waals surface area contributed by atoms with Crippen LogP contribution < -0.4 is 4.74 Å². The quantitative estimate of drug-likeness (QED) is 0.657. The number of ether oxygens (including phenoxy) is 1. The fraction of sp³-hybridized carbons (Fsp3) is 0.111. The second-order valence-electron chi connectivity index (χ2n) is 5.49. The maximum atomic E-state index is 13.8.